The number of nitrogens with one attached hydrogen (secondary N) is 4. The summed E-state index contributed by atoms with van der Waals surface area (Å²) in [6.45, 7) is 0.185. The molecule has 188 valence electrons. The van der Waals surface area contributed by atoms with Gasteiger partial charge in [0.15, 0.2) is 5.96 Å². The molecule has 4 unspecified atom stereocenters. The predicted molar refractivity (Wildman–Crippen MR) is 124 cm³/mol. The average molecular weight is 490 g/mol. The monoisotopic (exact) mass is 489 g/mol. The summed E-state index contributed by atoms with van der Waals surface area (Å²) in [6, 6.07) is -3.86. The van der Waals surface area contributed by atoms with E-state index < -0.39 is 48.6 Å². The largest absolute Gasteiger partial charge is 0.480 e. The first-order valence-electron chi connectivity index (χ1n) is 10.7. The number of hydrogen-bond donors (Lipinski definition) is 8. The van der Waals surface area contributed by atoms with Crippen LogP contribution in [0, 0.1) is 0 Å². The van der Waals surface area contributed by atoms with E-state index >= 15 is 0 Å². The predicted octanol–water partition coefficient (Wildman–Crippen LogP) is -2.92. The van der Waals surface area contributed by atoms with Gasteiger partial charge in [0.1, 0.15) is 18.1 Å². The number of nitrogens with zero attached hydrogens (tertiary/aromatic N) is 1. The van der Waals surface area contributed by atoms with Crippen LogP contribution in [-0.2, 0) is 19.2 Å². The molecule has 0 aromatic rings. The van der Waals surface area contributed by atoms with Crippen molar-refractivity contribution < 1.29 is 29.4 Å². The summed E-state index contributed by atoms with van der Waals surface area (Å²) in [4.78, 5) is 53.2. The minimum atomic E-state index is -1.49. The summed E-state index contributed by atoms with van der Waals surface area (Å²) in [6.07, 6.45) is 4.20. The average Bonchev–Trinajstić information content (AvgIpc) is 3.31. The van der Waals surface area contributed by atoms with E-state index in [4.69, 9.17) is 21.7 Å². The number of aliphatic hydroxyl groups excluding tert-OH is 1. The van der Waals surface area contributed by atoms with Gasteiger partial charge in [-0.25, -0.2) is 4.79 Å². The second-order valence-corrected chi connectivity index (χ2v) is 8.57. The van der Waals surface area contributed by atoms with E-state index in [1.807, 2.05) is 6.26 Å². The number of aliphatic imine (C=N–C) groups is 1. The molecule has 1 saturated heterocycles. The summed E-state index contributed by atoms with van der Waals surface area (Å²) < 4.78 is 0. The van der Waals surface area contributed by atoms with Gasteiger partial charge < -0.3 is 42.9 Å². The lowest BCUT2D eigenvalue weighted by Crippen LogP contribution is -2.57. The lowest BCUT2D eigenvalue weighted by Gasteiger charge is -2.25. The molecule has 14 heteroatoms. The zero-order chi connectivity index (χ0) is 24.8. The van der Waals surface area contributed by atoms with Crippen molar-refractivity contribution in [1.82, 2.24) is 21.3 Å². The number of guanidine groups is 1. The van der Waals surface area contributed by atoms with E-state index in [2.05, 4.69) is 26.3 Å². The van der Waals surface area contributed by atoms with Crippen LogP contribution in [0.5, 0.6) is 0 Å². The van der Waals surface area contributed by atoms with Crippen LogP contribution < -0.4 is 32.7 Å². The maximum atomic E-state index is 13.0. The summed E-state index contributed by atoms with van der Waals surface area (Å²) in [5, 5.41) is 28.8. The second-order valence-electron chi connectivity index (χ2n) is 7.58. The third kappa shape index (κ3) is 10.7. The van der Waals surface area contributed by atoms with E-state index in [1.54, 1.807) is 0 Å². The summed E-state index contributed by atoms with van der Waals surface area (Å²) >= 11 is 1.45. The number of thioether (sulfide) groups is 1. The number of aliphatic hydroxyl groups is 1. The number of carboxylic acids is 1. The highest BCUT2D eigenvalue weighted by molar-refractivity contribution is 7.98. The molecule has 0 saturated carbocycles. The van der Waals surface area contributed by atoms with E-state index in [-0.39, 0.29) is 31.3 Å². The van der Waals surface area contributed by atoms with E-state index in [0.717, 1.165) is 6.42 Å². The van der Waals surface area contributed by atoms with Crippen molar-refractivity contribution in [3.8, 4) is 0 Å². The lowest BCUT2D eigenvalue weighted by molar-refractivity contribution is -0.143. The highest BCUT2D eigenvalue weighted by atomic mass is 32.2. The molecule has 0 aromatic heterocycles. The smallest absolute Gasteiger partial charge is 0.328 e. The van der Waals surface area contributed by atoms with Crippen LogP contribution in [0.15, 0.2) is 4.99 Å². The Morgan fingerprint density at radius 3 is 2.24 bits per heavy atom. The van der Waals surface area contributed by atoms with Crippen molar-refractivity contribution in [2.75, 3.05) is 31.7 Å². The number of carbonyl (C=O) groups is 4. The van der Waals surface area contributed by atoms with Crippen molar-refractivity contribution in [1.29, 1.82) is 0 Å². The van der Waals surface area contributed by atoms with Crippen LogP contribution >= 0.6 is 11.8 Å². The van der Waals surface area contributed by atoms with E-state index in [9.17, 15) is 19.2 Å². The van der Waals surface area contributed by atoms with Crippen LogP contribution in [0.25, 0.3) is 0 Å². The molecular weight excluding hydrogens is 454 g/mol. The quantitative estimate of drug-likeness (QED) is 0.0664. The second kappa shape index (κ2) is 15.3. The van der Waals surface area contributed by atoms with Gasteiger partial charge in [0.2, 0.25) is 17.7 Å². The molecule has 4 atom stereocenters. The highest BCUT2D eigenvalue weighted by Crippen LogP contribution is 2.08. The zero-order valence-corrected chi connectivity index (χ0v) is 19.5. The Morgan fingerprint density at radius 2 is 1.73 bits per heavy atom. The molecule has 1 heterocycles. The minimum absolute atomic E-state index is 0.0825. The van der Waals surface area contributed by atoms with Gasteiger partial charge in [-0.2, -0.15) is 11.8 Å². The van der Waals surface area contributed by atoms with Gasteiger partial charge in [0.05, 0.1) is 12.6 Å². The molecule has 13 nitrogen and oxygen atoms in total. The van der Waals surface area contributed by atoms with Crippen molar-refractivity contribution in [3.05, 3.63) is 0 Å². The van der Waals surface area contributed by atoms with Gasteiger partial charge in [-0.1, -0.05) is 0 Å². The summed E-state index contributed by atoms with van der Waals surface area (Å²) in [5.41, 5.74) is 10.6. The van der Waals surface area contributed by atoms with Crippen molar-refractivity contribution >= 4 is 41.4 Å². The highest BCUT2D eigenvalue weighted by Gasteiger charge is 2.31. The number of amides is 3. The van der Waals surface area contributed by atoms with Crippen LogP contribution in [-0.4, -0.2) is 95.7 Å². The molecule has 10 N–H and O–H groups in total. The van der Waals surface area contributed by atoms with E-state index in [0.29, 0.717) is 25.1 Å². The fraction of sp³-hybridized carbons (Fsp3) is 0.737. The zero-order valence-electron chi connectivity index (χ0n) is 18.7. The summed E-state index contributed by atoms with van der Waals surface area (Å²) in [7, 11) is 0. The van der Waals surface area contributed by atoms with Crippen molar-refractivity contribution in [2.45, 2.75) is 56.3 Å². The van der Waals surface area contributed by atoms with Crippen LogP contribution in [0.1, 0.15) is 32.1 Å². The molecule has 3 amide bonds. The normalized spacial score (nSPS) is 17.9. The lowest BCUT2D eigenvalue weighted by atomic mass is 10.1. The van der Waals surface area contributed by atoms with Crippen LogP contribution in [0.3, 0.4) is 0 Å². The molecule has 0 aromatic carbocycles. The Morgan fingerprint density at radius 1 is 1.09 bits per heavy atom. The number of carbonyl (C=O) groups excluding carboxylic acids is 3. The van der Waals surface area contributed by atoms with Crippen LogP contribution in [0.4, 0.5) is 0 Å². The molecule has 1 aliphatic heterocycles. The Bertz CT molecular complexity index is 698. The molecule has 1 fully saturated rings. The standard InChI is InChI=1S/C19H35N7O6S/c1-33-9-6-13(17(30)26-14(10-27)18(31)32)25-16(29)12(5-3-8-23-19(20)21)24-15(28)11-4-2-7-22-11/h11-14,22,27H,2-10H2,1H3,(H,24,28)(H,25,29)(H,26,30)(H,31,32)(H4,20,21,23). The Balaban J connectivity index is 2.88. The van der Waals surface area contributed by atoms with Gasteiger partial charge in [-0.05, 0) is 50.7 Å². The molecule has 1 aliphatic rings. The Labute approximate surface area is 196 Å². The van der Waals surface area contributed by atoms with Crippen molar-refractivity contribution in [3.63, 3.8) is 0 Å². The SMILES string of the molecule is CSCCC(NC(=O)C(CCCN=C(N)N)NC(=O)C1CCCN1)C(=O)NC(CO)C(=O)O. The van der Waals surface area contributed by atoms with Gasteiger partial charge in [0, 0.05) is 6.54 Å². The number of aliphatic carboxylic acids is 1. The first-order chi connectivity index (χ1) is 15.7. The molecule has 0 radical (unpaired) electrons. The number of rotatable bonds is 15. The molecule has 0 bridgehead atoms. The van der Waals surface area contributed by atoms with E-state index in [1.165, 1.54) is 11.8 Å². The maximum absolute atomic E-state index is 13.0. The van der Waals surface area contributed by atoms with Gasteiger partial charge >= 0.3 is 5.97 Å². The minimum Gasteiger partial charge on any atom is -0.480 e. The fourth-order valence-electron chi connectivity index (χ4n) is 3.19. The summed E-state index contributed by atoms with van der Waals surface area (Å²) in [5.74, 6) is -2.59. The van der Waals surface area contributed by atoms with Crippen molar-refractivity contribution in [2.24, 2.45) is 16.5 Å². The maximum Gasteiger partial charge on any atom is 0.328 e. The molecular formula is C19H35N7O6S. The first kappa shape index (κ1) is 28.5. The number of nitrogens with two attached hydrogens (primary N) is 2. The topological polar surface area (TPSA) is 221 Å². The molecule has 0 spiro atoms. The Hall–Kier alpha value is -2.58. The van der Waals surface area contributed by atoms with Crippen LogP contribution in [0.2, 0.25) is 0 Å². The first-order valence-corrected chi connectivity index (χ1v) is 12.1. The van der Waals surface area contributed by atoms with Gasteiger partial charge in [-0.15, -0.1) is 0 Å². The number of hydrogen-bond acceptors (Lipinski definition) is 8. The molecule has 0 aliphatic carbocycles. The third-order valence-corrected chi connectivity index (χ3v) is 5.64. The molecule has 1 rings (SSSR count). The van der Waals surface area contributed by atoms with Gasteiger partial charge in [-0.3, -0.25) is 19.4 Å². The Kier molecular flexibility index (Phi) is 13.2. The third-order valence-electron chi connectivity index (χ3n) is 5.00. The fourth-order valence-corrected chi connectivity index (χ4v) is 3.66. The number of carboxylic acid groups (broad SMARTS) is 1. The van der Waals surface area contributed by atoms with Gasteiger partial charge in [0.25, 0.3) is 0 Å². The molecule has 33 heavy (non-hydrogen) atoms.